The standard InChI is InChI=1S/C14H26N2O4S/c1-15-5-6-20-13(8-15)9-21(18,19)16-7-12-3-2-4-14(12,10-16)11-17/h12-13,17H,2-11H2,1H3/t12-,13?,14+/m0/s1. The first-order valence-electron chi connectivity index (χ1n) is 7.84. The van der Waals surface area contributed by atoms with Crippen LogP contribution in [0, 0.1) is 11.3 Å². The van der Waals surface area contributed by atoms with Crippen LogP contribution >= 0.6 is 0 Å². The fraction of sp³-hybridized carbons (Fsp3) is 1.00. The molecule has 2 saturated heterocycles. The van der Waals surface area contributed by atoms with Crippen LogP contribution in [0.1, 0.15) is 19.3 Å². The third kappa shape index (κ3) is 2.99. The van der Waals surface area contributed by atoms with Gasteiger partial charge in [-0.25, -0.2) is 12.7 Å². The molecule has 0 aromatic carbocycles. The normalized spacial score (nSPS) is 38.8. The Balaban J connectivity index is 1.66. The Labute approximate surface area is 127 Å². The second kappa shape index (κ2) is 5.77. The van der Waals surface area contributed by atoms with E-state index in [0.717, 1.165) is 25.8 Å². The lowest BCUT2D eigenvalue weighted by Gasteiger charge is -2.31. The van der Waals surface area contributed by atoms with Crippen molar-refractivity contribution in [3.05, 3.63) is 0 Å². The van der Waals surface area contributed by atoms with Crippen molar-refractivity contribution in [2.45, 2.75) is 25.4 Å². The number of sulfonamides is 1. The molecule has 0 radical (unpaired) electrons. The summed E-state index contributed by atoms with van der Waals surface area (Å²) in [6.07, 6.45) is 2.85. The summed E-state index contributed by atoms with van der Waals surface area (Å²) in [5.41, 5.74) is -0.183. The molecular weight excluding hydrogens is 292 g/mol. The molecule has 2 heterocycles. The molecule has 3 aliphatic rings. The highest BCUT2D eigenvalue weighted by Gasteiger charge is 2.52. The lowest BCUT2D eigenvalue weighted by atomic mass is 9.82. The van der Waals surface area contributed by atoms with E-state index in [9.17, 15) is 13.5 Å². The summed E-state index contributed by atoms with van der Waals surface area (Å²) < 4.78 is 32.5. The highest BCUT2D eigenvalue weighted by atomic mass is 32.2. The monoisotopic (exact) mass is 318 g/mol. The molecule has 6 nitrogen and oxygen atoms in total. The molecule has 1 aliphatic carbocycles. The number of hydrogen-bond acceptors (Lipinski definition) is 5. The average Bonchev–Trinajstić information content (AvgIpc) is 2.95. The van der Waals surface area contributed by atoms with E-state index in [4.69, 9.17) is 4.74 Å². The number of nitrogens with zero attached hydrogens (tertiary/aromatic N) is 2. The molecule has 7 heteroatoms. The molecule has 122 valence electrons. The van der Waals surface area contributed by atoms with Crippen LogP contribution in [0.15, 0.2) is 0 Å². The second-order valence-electron chi connectivity index (χ2n) is 6.94. The van der Waals surface area contributed by atoms with Gasteiger partial charge >= 0.3 is 0 Å². The molecule has 1 N–H and O–H groups in total. The van der Waals surface area contributed by atoms with Crippen molar-refractivity contribution in [3.8, 4) is 0 Å². The Bertz CT molecular complexity index is 483. The molecule has 1 saturated carbocycles. The maximum Gasteiger partial charge on any atom is 0.216 e. The van der Waals surface area contributed by atoms with Gasteiger partial charge in [-0.1, -0.05) is 6.42 Å². The molecule has 0 bridgehead atoms. The van der Waals surface area contributed by atoms with E-state index in [1.807, 2.05) is 7.05 Å². The molecule has 3 atom stereocenters. The van der Waals surface area contributed by atoms with E-state index in [1.165, 1.54) is 0 Å². The Morgan fingerprint density at radius 3 is 2.86 bits per heavy atom. The Morgan fingerprint density at radius 2 is 2.19 bits per heavy atom. The zero-order valence-corrected chi connectivity index (χ0v) is 13.5. The largest absolute Gasteiger partial charge is 0.396 e. The van der Waals surface area contributed by atoms with Crippen molar-refractivity contribution in [2.75, 3.05) is 52.2 Å². The molecular formula is C14H26N2O4S. The number of morpholine rings is 1. The van der Waals surface area contributed by atoms with Crippen LogP contribution in [0.2, 0.25) is 0 Å². The summed E-state index contributed by atoms with van der Waals surface area (Å²) in [5, 5.41) is 9.71. The van der Waals surface area contributed by atoms with Crippen molar-refractivity contribution >= 4 is 10.0 Å². The molecule has 2 aliphatic heterocycles. The minimum Gasteiger partial charge on any atom is -0.396 e. The van der Waals surface area contributed by atoms with Gasteiger partial charge in [-0.05, 0) is 25.8 Å². The maximum atomic E-state index is 12.6. The molecule has 21 heavy (non-hydrogen) atoms. The molecule has 3 fully saturated rings. The van der Waals surface area contributed by atoms with Gasteiger partial charge in [0.1, 0.15) is 0 Å². The number of fused-ring (bicyclic) bond motifs is 1. The predicted octanol–water partition coefficient (Wildman–Crippen LogP) is -0.259. The smallest absolute Gasteiger partial charge is 0.216 e. The maximum absolute atomic E-state index is 12.6. The molecule has 0 amide bonds. The van der Waals surface area contributed by atoms with E-state index in [0.29, 0.717) is 32.2 Å². The number of hydrogen-bond donors (Lipinski definition) is 1. The minimum atomic E-state index is -3.30. The van der Waals surface area contributed by atoms with Crippen LogP contribution in [0.3, 0.4) is 0 Å². The summed E-state index contributed by atoms with van der Waals surface area (Å²) in [7, 11) is -1.31. The number of likely N-dealkylation sites (N-methyl/N-ethyl adjacent to an activating group) is 1. The van der Waals surface area contributed by atoms with Crippen LogP contribution < -0.4 is 0 Å². The summed E-state index contributed by atoms with van der Waals surface area (Å²) in [4.78, 5) is 2.11. The van der Waals surface area contributed by atoms with Gasteiger partial charge in [-0.2, -0.15) is 0 Å². The first-order valence-corrected chi connectivity index (χ1v) is 9.45. The van der Waals surface area contributed by atoms with E-state index in [1.54, 1.807) is 4.31 Å². The average molecular weight is 318 g/mol. The van der Waals surface area contributed by atoms with Crippen molar-refractivity contribution in [3.63, 3.8) is 0 Å². The zero-order chi connectivity index (χ0) is 15.1. The first-order chi connectivity index (χ1) is 9.95. The molecule has 0 aromatic rings. The number of ether oxygens (including phenoxy) is 1. The first kappa shape index (κ1) is 15.7. The fourth-order valence-electron chi connectivity index (χ4n) is 4.14. The van der Waals surface area contributed by atoms with Crippen LogP contribution in [0.25, 0.3) is 0 Å². The van der Waals surface area contributed by atoms with Gasteiger partial charge in [0.2, 0.25) is 10.0 Å². The topological polar surface area (TPSA) is 70.1 Å². The van der Waals surface area contributed by atoms with Gasteiger partial charge < -0.3 is 14.7 Å². The quantitative estimate of drug-likeness (QED) is 0.773. The lowest BCUT2D eigenvalue weighted by molar-refractivity contribution is -0.00726. The predicted molar refractivity (Wildman–Crippen MR) is 79.5 cm³/mol. The van der Waals surface area contributed by atoms with Crippen LogP contribution in [0.4, 0.5) is 0 Å². The zero-order valence-electron chi connectivity index (χ0n) is 12.7. The van der Waals surface area contributed by atoms with Gasteiger partial charge in [-0.3, -0.25) is 0 Å². The fourth-order valence-corrected chi connectivity index (χ4v) is 5.89. The Hall–Kier alpha value is -0.210. The van der Waals surface area contributed by atoms with Crippen molar-refractivity contribution in [1.82, 2.24) is 9.21 Å². The molecule has 1 unspecified atom stereocenters. The van der Waals surface area contributed by atoms with E-state index >= 15 is 0 Å². The summed E-state index contributed by atoms with van der Waals surface area (Å²) in [6, 6.07) is 0. The molecule has 3 rings (SSSR count). The molecule has 0 aromatic heterocycles. The molecule has 0 spiro atoms. The summed E-state index contributed by atoms with van der Waals surface area (Å²) >= 11 is 0. The van der Waals surface area contributed by atoms with Gasteiger partial charge in [-0.15, -0.1) is 0 Å². The van der Waals surface area contributed by atoms with Crippen molar-refractivity contribution in [2.24, 2.45) is 11.3 Å². The van der Waals surface area contributed by atoms with Gasteiger partial charge in [0, 0.05) is 31.6 Å². The second-order valence-corrected chi connectivity index (χ2v) is 8.95. The van der Waals surface area contributed by atoms with Crippen LogP contribution in [-0.4, -0.2) is 81.0 Å². The van der Waals surface area contributed by atoms with Gasteiger partial charge in [0.05, 0.1) is 25.1 Å². The Kier molecular flexibility index (Phi) is 4.31. The van der Waals surface area contributed by atoms with Crippen molar-refractivity contribution in [1.29, 1.82) is 0 Å². The van der Waals surface area contributed by atoms with E-state index in [2.05, 4.69) is 4.90 Å². The number of aliphatic hydroxyl groups is 1. The SMILES string of the molecule is CN1CCOC(CS(=O)(=O)N2C[C@@H]3CCC[C@]3(CO)C2)C1. The van der Waals surface area contributed by atoms with Gasteiger partial charge in [0.15, 0.2) is 0 Å². The lowest BCUT2D eigenvalue weighted by Crippen LogP contribution is -2.46. The Morgan fingerprint density at radius 1 is 1.38 bits per heavy atom. The highest BCUT2D eigenvalue weighted by Crippen LogP contribution is 2.49. The van der Waals surface area contributed by atoms with Crippen molar-refractivity contribution < 1.29 is 18.3 Å². The van der Waals surface area contributed by atoms with E-state index in [-0.39, 0.29) is 23.9 Å². The summed E-state index contributed by atoms with van der Waals surface area (Å²) in [5.74, 6) is 0.387. The van der Waals surface area contributed by atoms with Crippen LogP contribution in [0.5, 0.6) is 0 Å². The third-order valence-corrected chi connectivity index (χ3v) is 7.31. The van der Waals surface area contributed by atoms with Crippen LogP contribution in [-0.2, 0) is 14.8 Å². The number of rotatable bonds is 4. The van der Waals surface area contributed by atoms with Gasteiger partial charge in [0.25, 0.3) is 0 Å². The number of aliphatic hydroxyl groups excluding tert-OH is 1. The minimum absolute atomic E-state index is 0.0611. The highest BCUT2D eigenvalue weighted by molar-refractivity contribution is 7.89. The van der Waals surface area contributed by atoms with E-state index < -0.39 is 10.0 Å². The summed E-state index contributed by atoms with van der Waals surface area (Å²) in [6.45, 7) is 3.29. The third-order valence-electron chi connectivity index (χ3n) is 5.46.